The average molecular weight is 255 g/mol. The largest absolute Gasteiger partial charge is 0.353 e. The standard InChI is InChI=1S/C14H29N3O/c1-12(17-8-6-5-7-9-17)10-15-13(18)11-16-14(2,3)4/h12,16H,5-11H2,1-4H3,(H,15,18). The average Bonchev–Trinajstić information content (AvgIpc) is 2.33. The van der Waals surface area contributed by atoms with Gasteiger partial charge in [-0.3, -0.25) is 9.69 Å². The SMILES string of the molecule is CC(CNC(=O)CNC(C)(C)C)N1CCCCC1. The Morgan fingerprint density at radius 1 is 1.22 bits per heavy atom. The fourth-order valence-electron chi connectivity index (χ4n) is 2.16. The van der Waals surface area contributed by atoms with Crippen LogP contribution < -0.4 is 10.6 Å². The van der Waals surface area contributed by atoms with Crippen LogP contribution in [-0.4, -0.2) is 48.6 Å². The number of carbonyl (C=O) groups excluding carboxylic acids is 1. The maximum absolute atomic E-state index is 11.7. The summed E-state index contributed by atoms with van der Waals surface area (Å²) in [5, 5.41) is 6.21. The van der Waals surface area contributed by atoms with E-state index in [0.717, 1.165) is 6.54 Å². The monoisotopic (exact) mass is 255 g/mol. The van der Waals surface area contributed by atoms with E-state index in [1.165, 1.54) is 32.4 Å². The number of hydrogen-bond donors (Lipinski definition) is 2. The molecule has 0 aromatic carbocycles. The first kappa shape index (κ1) is 15.4. The lowest BCUT2D eigenvalue weighted by Gasteiger charge is -2.32. The number of hydrogen-bond acceptors (Lipinski definition) is 3. The van der Waals surface area contributed by atoms with Crippen molar-refractivity contribution in [2.24, 2.45) is 0 Å². The second-order valence-electron chi connectivity index (χ2n) is 6.35. The van der Waals surface area contributed by atoms with Crippen LogP contribution in [0.15, 0.2) is 0 Å². The molecule has 0 bridgehead atoms. The smallest absolute Gasteiger partial charge is 0.234 e. The fraction of sp³-hybridized carbons (Fsp3) is 0.929. The fourth-order valence-corrected chi connectivity index (χ4v) is 2.16. The summed E-state index contributed by atoms with van der Waals surface area (Å²) in [5.74, 6) is 0.0915. The van der Waals surface area contributed by atoms with Gasteiger partial charge in [-0.15, -0.1) is 0 Å². The summed E-state index contributed by atoms with van der Waals surface area (Å²) in [6.07, 6.45) is 3.94. The number of rotatable bonds is 5. The van der Waals surface area contributed by atoms with Gasteiger partial charge in [-0.25, -0.2) is 0 Å². The Balaban J connectivity index is 2.17. The number of carbonyl (C=O) groups is 1. The van der Waals surface area contributed by atoms with Gasteiger partial charge >= 0.3 is 0 Å². The summed E-state index contributed by atoms with van der Waals surface area (Å²) in [6, 6.07) is 0.448. The second kappa shape index (κ2) is 7.10. The molecule has 0 aromatic heterocycles. The molecule has 1 heterocycles. The molecule has 2 N–H and O–H groups in total. The minimum Gasteiger partial charge on any atom is -0.353 e. The quantitative estimate of drug-likeness (QED) is 0.780. The third-order valence-electron chi connectivity index (χ3n) is 3.39. The van der Waals surface area contributed by atoms with Gasteiger partial charge in [0.05, 0.1) is 6.54 Å². The molecule has 1 aliphatic rings. The highest BCUT2D eigenvalue weighted by Gasteiger charge is 2.17. The Kier molecular flexibility index (Phi) is 6.09. The van der Waals surface area contributed by atoms with E-state index in [-0.39, 0.29) is 11.4 Å². The molecule has 106 valence electrons. The second-order valence-corrected chi connectivity index (χ2v) is 6.35. The maximum atomic E-state index is 11.7. The number of amides is 1. The molecule has 0 saturated carbocycles. The molecule has 0 aromatic rings. The summed E-state index contributed by atoms with van der Waals surface area (Å²) in [6.45, 7) is 11.9. The van der Waals surface area contributed by atoms with Crippen LogP contribution >= 0.6 is 0 Å². The molecule has 1 rings (SSSR count). The maximum Gasteiger partial charge on any atom is 0.234 e. The molecule has 1 unspecified atom stereocenters. The predicted octanol–water partition coefficient (Wildman–Crippen LogP) is 1.37. The molecule has 1 atom stereocenters. The first-order valence-electron chi connectivity index (χ1n) is 7.14. The van der Waals surface area contributed by atoms with Gasteiger partial charge in [0.1, 0.15) is 0 Å². The van der Waals surface area contributed by atoms with Crippen molar-refractivity contribution in [1.29, 1.82) is 0 Å². The third kappa shape index (κ3) is 6.36. The van der Waals surface area contributed by atoms with Gasteiger partial charge in [-0.2, -0.15) is 0 Å². The zero-order valence-corrected chi connectivity index (χ0v) is 12.4. The molecule has 0 radical (unpaired) electrons. The molecule has 1 aliphatic heterocycles. The third-order valence-corrected chi connectivity index (χ3v) is 3.39. The van der Waals surface area contributed by atoms with Crippen molar-refractivity contribution in [3.63, 3.8) is 0 Å². The van der Waals surface area contributed by atoms with Crippen molar-refractivity contribution in [2.75, 3.05) is 26.2 Å². The van der Waals surface area contributed by atoms with E-state index >= 15 is 0 Å². The first-order chi connectivity index (χ1) is 8.38. The number of nitrogens with one attached hydrogen (secondary N) is 2. The Labute approximate surface area is 111 Å². The van der Waals surface area contributed by atoms with Crippen LogP contribution in [0.3, 0.4) is 0 Å². The Hall–Kier alpha value is -0.610. The van der Waals surface area contributed by atoms with Crippen molar-refractivity contribution in [3.05, 3.63) is 0 Å². The van der Waals surface area contributed by atoms with E-state index in [2.05, 4.69) is 43.2 Å². The van der Waals surface area contributed by atoms with Crippen molar-refractivity contribution in [3.8, 4) is 0 Å². The molecule has 0 spiro atoms. The highest BCUT2D eigenvalue weighted by molar-refractivity contribution is 5.78. The van der Waals surface area contributed by atoms with Gasteiger partial charge in [0.25, 0.3) is 0 Å². The predicted molar refractivity (Wildman–Crippen MR) is 75.7 cm³/mol. The van der Waals surface area contributed by atoms with Crippen LogP contribution in [0.25, 0.3) is 0 Å². The van der Waals surface area contributed by atoms with E-state index in [1.54, 1.807) is 0 Å². The van der Waals surface area contributed by atoms with E-state index < -0.39 is 0 Å². The number of likely N-dealkylation sites (tertiary alicyclic amines) is 1. The summed E-state index contributed by atoms with van der Waals surface area (Å²) in [5.41, 5.74) is -0.00414. The summed E-state index contributed by atoms with van der Waals surface area (Å²) >= 11 is 0. The van der Waals surface area contributed by atoms with E-state index in [9.17, 15) is 4.79 Å². The molecular weight excluding hydrogens is 226 g/mol. The molecule has 1 fully saturated rings. The lowest BCUT2D eigenvalue weighted by molar-refractivity contribution is -0.120. The highest BCUT2D eigenvalue weighted by Crippen LogP contribution is 2.11. The van der Waals surface area contributed by atoms with Crippen LogP contribution in [0.4, 0.5) is 0 Å². The molecule has 4 heteroatoms. The lowest BCUT2D eigenvalue weighted by atomic mass is 10.1. The van der Waals surface area contributed by atoms with Gasteiger partial charge in [0.2, 0.25) is 5.91 Å². The van der Waals surface area contributed by atoms with Crippen molar-refractivity contribution in [2.45, 2.75) is 58.5 Å². The van der Waals surface area contributed by atoms with Crippen LogP contribution in [-0.2, 0) is 4.79 Å². The van der Waals surface area contributed by atoms with Gasteiger partial charge in [0, 0.05) is 18.1 Å². The Bertz CT molecular complexity index is 254. The van der Waals surface area contributed by atoms with Gasteiger partial charge in [-0.1, -0.05) is 6.42 Å². The van der Waals surface area contributed by atoms with Crippen molar-refractivity contribution in [1.82, 2.24) is 15.5 Å². The van der Waals surface area contributed by atoms with Crippen LogP contribution in [0.1, 0.15) is 47.0 Å². The molecular formula is C14H29N3O. The summed E-state index contributed by atoms with van der Waals surface area (Å²) in [7, 11) is 0. The van der Waals surface area contributed by atoms with E-state index in [4.69, 9.17) is 0 Å². The molecule has 1 amide bonds. The van der Waals surface area contributed by atoms with Crippen molar-refractivity contribution >= 4 is 5.91 Å². The van der Waals surface area contributed by atoms with E-state index in [0.29, 0.717) is 12.6 Å². The summed E-state index contributed by atoms with van der Waals surface area (Å²) in [4.78, 5) is 14.2. The first-order valence-corrected chi connectivity index (χ1v) is 7.14. The van der Waals surface area contributed by atoms with Crippen LogP contribution in [0.2, 0.25) is 0 Å². The minimum atomic E-state index is -0.00414. The minimum absolute atomic E-state index is 0.00414. The van der Waals surface area contributed by atoms with Crippen LogP contribution in [0.5, 0.6) is 0 Å². The Morgan fingerprint density at radius 3 is 2.39 bits per heavy atom. The molecule has 4 nitrogen and oxygen atoms in total. The van der Waals surface area contributed by atoms with Gasteiger partial charge in [-0.05, 0) is 53.6 Å². The number of piperidine rings is 1. The topological polar surface area (TPSA) is 44.4 Å². The Morgan fingerprint density at radius 2 is 1.83 bits per heavy atom. The van der Waals surface area contributed by atoms with Gasteiger partial charge in [0.15, 0.2) is 0 Å². The molecule has 0 aliphatic carbocycles. The van der Waals surface area contributed by atoms with E-state index in [1.807, 2.05) is 0 Å². The number of nitrogens with zero attached hydrogens (tertiary/aromatic N) is 1. The lowest BCUT2D eigenvalue weighted by Crippen LogP contribution is -2.48. The van der Waals surface area contributed by atoms with Gasteiger partial charge < -0.3 is 10.6 Å². The molecule has 1 saturated heterocycles. The summed E-state index contributed by atoms with van der Waals surface area (Å²) < 4.78 is 0. The normalized spacial score (nSPS) is 19.6. The van der Waals surface area contributed by atoms with Crippen molar-refractivity contribution < 1.29 is 4.79 Å². The van der Waals surface area contributed by atoms with Crippen LogP contribution in [0, 0.1) is 0 Å². The highest BCUT2D eigenvalue weighted by atomic mass is 16.1. The molecule has 18 heavy (non-hydrogen) atoms. The zero-order valence-electron chi connectivity index (χ0n) is 12.4. The zero-order chi connectivity index (χ0) is 13.6.